The van der Waals surface area contributed by atoms with Crippen LogP contribution in [0.1, 0.15) is 16.1 Å². The van der Waals surface area contributed by atoms with Gasteiger partial charge in [0.15, 0.2) is 0 Å². The molecule has 1 aromatic heterocycles. The Labute approximate surface area is 95.5 Å². The van der Waals surface area contributed by atoms with Crippen LogP contribution in [0.4, 0.5) is 0 Å². The fourth-order valence-electron chi connectivity index (χ4n) is 1.91. The second-order valence-electron chi connectivity index (χ2n) is 3.50. The number of aromatic nitrogens is 1. The summed E-state index contributed by atoms with van der Waals surface area (Å²) < 4.78 is 2.35. The van der Waals surface area contributed by atoms with Crippen LogP contribution in [0.15, 0.2) is 22.7 Å². The van der Waals surface area contributed by atoms with Gasteiger partial charge in [0.1, 0.15) is 5.69 Å². The molecular weight excluding hydrogens is 258 g/mol. The summed E-state index contributed by atoms with van der Waals surface area (Å²) in [6.45, 7) is 1.97. The third kappa shape index (κ3) is 1.36. The summed E-state index contributed by atoms with van der Waals surface area (Å²) >= 11 is 3.34. The van der Waals surface area contributed by atoms with Gasteiger partial charge in [0.2, 0.25) is 0 Å². The number of carboxylic acid groups (broad SMARTS) is 1. The van der Waals surface area contributed by atoms with Crippen LogP contribution in [0.25, 0.3) is 10.9 Å². The lowest BCUT2D eigenvalue weighted by atomic mass is 10.2. The van der Waals surface area contributed by atoms with Crippen molar-refractivity contribution in [1.29, 1.82) is 0 Å². The number of aromatic carboxylic acids is 1. The SMILES string of the molecule is Cc1cccc2c(Br)c(C(=O)O)n(C)c12. The Balaban J connectivity index is 2.98. The van der Waals surface area contributed by atoms with Gasteiger partial charge in [-0.3, -0.25) is 0 Å². The zero-order valence-corrected chi connectivity index (χ0v) is 10.00. The highest BCUT2D eigenvalue weighted by molar-refractivity contribution is 9.10. The van der Waals surface area contributed by atoms with Crippen molar-refractivity contribution in [1.82, 2.24) is 4.57 Å². The van der Waals surface area contributed by atoms with Gasteiger partial charge in [-0.2, -0.15) is 0 Å². The number of aryl methyl sites for hydroxylation is 2. The van der Waals surface area contributed by atoms with Gasteiger partial charge in [0, 0.05) is 12.4 Å². The molecule has 1 N–H and O–H groups in total. The quantitative estimate of drug-likeness (QED) is 0.863. The molecule has 0 unspecified atom stereocenters. The van der Waals surface area contributed by atoms with Crippen molar-refractivity contribution >= 4 is 32.8 Å². The molecule has 0 aliphatic carbocycles. The zero-order chi connectivity index (χ0) is 11.2. The van der Waals surface area contributed by atoms with Gasteiger partial charge in [-0.1, -0.05) is 18.2 Å². The van der Waals surface area contributed by atoms with E-state index in [0.29, 0.717) is 10.2 Å². The number of hydrogen-bond donors (Lipinski definition) is 1. The van der Waals surface area contributed by atoms with Crippen LogP contribution in [0.5, 0.6) is 0 Å². The van der Waals surface area contributed by atoms with Crippen molar-refractivity contribution in [3.05, 3.63) is 33.9 Å². The molecule has 0 saturated carbocycles. The Kier molecular flexibility index (Phi) is 2.31. The molecule has 1 aromatic carbocycles. The number of benzene rings is 1. The largest absolute Gasteiger partial charge is 0.477 e. The number of halogens is 1. The third-order valence-electron chi connectivity index (χ3n) is 2.56. The molecule has 15 heavy (non-hydrogen) atoms. The summed E-state index contributed by atoms with van der Waals surface area (Å²) in [5, 5.41) is 10.0. The number of para-hydroxylation sites is 1. The van der Waals surface area contributed by atoms with Crippen LogP contribution in [-0.4, -0.2) is 15.6 Å². The average Bonchev–Trinajstić information content (AvgIpc) is 2.40. The molecule has 4 heteroatoms. The summed E-state index contributed by atoms with van der Waals surface area (Å²) in [6.07, 6.45) is 0. The maximum absolute atomic E-state index is 11.1. The van der Waals surface area contributed by atoms with Gasteiger partial charge in [0.25, 0.3) is 0 Å². The molecule has 2 rings (SSSR count). The van der Waals surface area contributed by atoms with Gasteiger partial charge < -0.3 is 9.67 Å². The summed E-state index contributed by atoms with van der Waals surface area (Å²) in [6, 6.07) is 5.81. The molecule has 2 aromatic rings. The lowest BCUT2D eigenvalue weighted by Gasteiger charge is -2.01. The van der Waals surface area contributed by atoms with E-state index in [0.717, 1.165) is 16.5 Å². The highest BCUT2D eigenvalue weighted by Gasteiger charge is 2.19. The van der Waals surface area contributed by atoms with Crippen LogP contribution in [0.2, 0.25) is 0 Å². The van der Waals surface area contributed by atoms with Crippen LogP contribution < -0.4 is 0 Å². The fourth-order valence-corrected chi connectivity index (χ4v) is 2.66. The van der Waals surface area contributed by atoms with E-state index in [1.807, 2.05) is 25.1 Å². The predicted molar refractivity (Wildman–Crippen MR) is 62.3 cm³/mol. The average molecular weight is 268 g/mol. The van der Waals surface area contributed by atoms with E-state index < -0.39 is 5.97 Å². The standard InChI is InChI=1S/C11H10BrNO2/c1-6-4-3-5-7-8(12)10(11(14)15)13(2)9(6)7/h3-5H,1-2H3,(H,14,15). The van der Waals surface area contributed by atoms with Gasteiger partial charge in [-0.15, -0.1) is 0 Å². The predicted octanol–water partition coefficient (Wildman–Crippen LogP) is 2.95. The van der Waals surface area contributed by atoms with E-state index in [1.165, 1.54) is 0 Å². The lowest BCUT2D eigenvalue weighted by Crippen LogP contribution is -2.05. The Morgan fingerprint density at radius 3 is 2.67 bits per heavy atom. The Morgan fingerprint density at radius 1 is 1.47 bits per heavy atom. The highest BCUT2D eigenvalue weighted by Crippen LogP contribution is 2.31. The molecule has 0 bridgehead atoms. The molecule has 0 spiro atoms. The van der Waals surface area contributed by atoms with Gasteiger partial charge >= 0.3 is 5.97 Å². The Hall–Kier alpha value is -1.29. The second-order valence-corrected chi connectivity index (χ2v) is 4.29. The topological polar surface area (TPSA) is 42.2 Å². The Bertz CT molecular complexity index is 557. The molecule has 1 heterocycles. The van der Waals surface area contributed by atoms with Crippen molar-refractivity contribution in [2.45, 2.75) is 6.92 Å². The van der Waals surface area contributed by atoms with Crippen LogP contribution in [-0.2, 0) is 7.05 Å². The minimum absolute atomic E-state index is 0.291. The number of fused-ring (bicyclic) bond motifs is 1. The van der Waals surface area contributed by atoms with E-state index >= 15 is 0 Å². The van der Waals surface area contributed by atoms with E-state index in [9.17, 15) is 4.79 Å². The van der Waals surface area contributed by atoms with Gasteiger partial charge in [0.05, 0.1) is 9.99 Å². The van der Waals surface area contributed by atoms with Gasteiger partial charge in [-0.05, 0) is 28.4 Å². The molecule has 3 nitrogen and oxygen atoms in total. The number of carbonyl (C=O) groups is 1. The van der Waals surface area contributed by atoms with Crippen LogP contribution >= 0.6 is 15.9 Å². The maximum atomic E-state index is 11.1. The van der Waals surface area contributed by atoms with Crippen LogP contribution in [0, 0.1) is 6.92 Å². The van der Waals surface area contributed by atoms with E-state index in [-0.39, 0.29) is 0 Å². The van der Waals surface area contributed by atoms with E-state index in [2.05, 4.69) is 15.9 Å². The second kappa shape index (κ2) is 3.38. The molecule has 0 aliphatic rings. The summed E-state index contributed by atoms with van der Waals surface area (Å²) in [5.41, 5.74) is 2.32. The maximum Gasteiger partial charge on any atom is 0.353 e. The van der Waals surface area contributed by atoms with E-state index in [4.69, 9.17) is 5.11 Å². The Morgan fingerprint density at radius 2 is 2.13 bits per heavy atom. The first-order valence-corrected chi connectivity index (χ1v) is 5.30. The monoisotopic (exact) mass is 267 g/mol. The van der Waals surface area contributed by atoms with Crippen molar-refractivity contribution in [2.75, 3.05) is 0 Å². The molecule has 0 radical (unpaired) electrons. The molecule has 0 saturated heterocycles. The van der Waals surface area contributed by atoms with Crippen molar-refractivity contribution in [3.8, 4) is 0 Å². The minimum Gasteiger partial charge on any atom is -0.477 e. The highest BCUT2D eigenvalue weighted by atomic mass is 79.9. The molecule has 0 atom stereocenters. The normalized spacial score (nSPS) is 10.9. The third-order valence-corrected chi connectivity index (χ3v) is 3.36. The zero-order valence-electron chi connectivity index (χ0n) is 8.41. The fraction of sp³-hybridized carbons (Fsp3) is 0.182. The number of nitrogens with zero attached hydrogens (tertiary/aromatic N) is 1. The summed E-state index contributed by atoms with van der Waals surface area (Å²) in [4.78, 5) is 11.1. The minimum atomic E-state index is -0.917. The van der Waals surface area contributed by atoms with Crippen molar-refractivity contribution < 1.29 is 9.90 Å². The van der Waals surface area contributed by atoms with Crippen molar-refractivity contribution in [2.24, 2.45) is 7.05 Å². The molecule has 0 amide bonds. The first-order chi connectivity index (χ1) is 7.04. The molecule has 0 fully saturated rings. The summed E-state index contributed by atoms with van der Waals surface area (Å²) in [7, 11) is 1.77. The van der Waals surface area contributed by atoms with Gasteiger partial charge in [-0.25, -0.2) is 4.79 Å². The van der Waals surface area contributed by atoms with Crippen LogP contribution in [0.3, 0.4) is 0 Å². The lowest BCUT2D eigenvalue weighted by molar-refractivity contribution is 0.0686. The summed E-state index contributed by atoms with van der Waals surface area (Å²) in [5.74, 6) is -0.917. The first kappa shape index (κ1) is 10.2. The molecule has 0 aliphatic heterocycles. The van der Waals surface area contributed by atoms with Crippen molar-refractivity contribution in [3.63, 3.8) is 0 Å². The molecule has 78 valence electrons. The molecular formula is C11H10BrNO2. The number of carboxylic acids is 1. The first-order valence-electron chi connectivity index (χ1n) is 4.51. The number of hydrogen-bond acceptors (Lipinski definition) is 1. The smallest absolute Gasteiger partial charge is 0.353 e. The van der Waals surface area contributed by atoms with E-state index in [1.54, 1.807) is 11.6 Å². The number of rotatable bonds is 1.